The minimum absolute atomic E-state index is 0.268. The highest BCUT2D eigenvalue weighted by atomic mass is 19.4. The van der Waals surface area contributed by atoms with Crippen LogP contribution in [0.2, 0.25) is 0 Å². The summed E-state index contributed by atoms with van der Waals surface area (Å²) in [5.74, 6) is -2.53. The van der Waals surface area contributed by atoms with Gasteiger partial charge in [0.15, 0.2) is 0 Å². The summed E-state index contributed by atoms with van der Waals surface area (Å²) < 4.78 is 39.2. The smallest absolute Gasteiger partial charge is 0.419 e. The fourth-order valence-electron chi connectivity index (χ4n) is 0.845. The van der Waals surface area contributed by atoms with Gasteiger partial charge in [-0.25, -0.2) is 4.79 Å². The van der Waals surface area contributed by atoms with Gasteiger partial charge in [-0.2, -0.15) is 13.2 Å². The third-order valence-corrected chi connectivity index (χ3v) is 1.46. The number of ether oxygens (including phenoxy) is 1. The summed E-state index contributed by atoms with van der Waals surface area (Å²) in [5, 5.41) is 0. The number of halogens is 3. The van der Waals surface area contributed by atoms with Gasteiger partial charge in [-0.05, 0) is 18.9 Å². The summed E-state index contributed by atoms with van der Waals surface area (Å²) in [7, 11) is 0. The molecule has 2 N–H and O–H groups in total. The zero-order valence-electron chi connectivity index (χ0n) is 7.02. The number of esters is 1. The molecule has 0 aromatic heterocycles. The van der Waals surface area contributed by atoms with E-state index in [2.05, 4.69) is 10.8 Å². The monoisotopic (exact) mass is 206 g/mol. The lowest BCUT2D eigenvalue weighted by Gasteiger charge is -2.11. The van der Waals surface area contributed by atoms with E-state index in [1.807, 2.05) is 0 Å². The minimum Gasteiger partial charge on any atom is -0.419 e. The number of carbonyl (C=O) groups is 1. The molecule has 6 heteroatoms. The lowest BCUT2D eigenvalue weighted by molar-refractivity contribution is -0.195. The zero-order valence-corrected chi connectivity index (χ0v) is 7.02. The predicted octanol–water partition coefficient (Wildman–Crippen LogP) is 1.42. The molecule has 0 amide bonds. The van der Waals surface area contributed by atoms with Crippen LogP contribution >= 0.6 is 0 Å². The van der Waals surface area contributed by atoms with Crippen LogP contribution in [-0.2, 0) is 9.53 Å². The molecule has 77 valence electrons. The predicted molar refractivity (Wildman–Crippen MR) is 40.4 cm³/mol. The molecule has 3 nitrogen and oxygen atoms in total. The topological polar surface area (TPSA) is 52.3 Å². The van der Waals surface area contributed by atoms with E-state index in [-0.39, 0.29) is 5.76 Å². The molecule has 14 heavy (non-hydrogen) atoms. The quantitative estimate of drug-likeness (QED) is 0.660. The first-order valence-corrected chi connectivity index (χ1v) is 3.75. The van der Waals surface area contributed by atoms with Crippen LogP contribution in [0.3, 0.4) is 0 Å². The fourth-order valence-corrected chi connectivity index (χ4v) is 0.845. The average Bonchev–Trinajstić information content (AvgIpc) is 2.02. The van der Waals surface area contributed by atoms with Gasteiger partial charge in [-0.3, -0.25) is 0 Å². The fraction of sp³-hybridized carbons (Fsp3) is 0.375. The van der Waals surface area contributed by atoms with Crippen LogP contribution in [0.5, 0.6) is 0 Å². The molecule has 0 unspecified atom stereocenters. The van der Waals surface area contributed by atoms with E-state index < -0.39 is 12.1 Å². The minimum atomic E-state index is -4.99. The number of allylic oxidation sites excluding steroid dienone is 3. The van der Waals surface area contributed by atoms with Gasteiger partial charge < -0.3 is 10.5 Å². The van der Waals surface area contributed by atoms with E-state index >= 15 is 0 Å². The molecule has 1 rings (SSSR count). The van der Waals surface area contributed by atoms with Crippen molar-refractivity contribution in [2.75, 3.05) is 0 Å². The Kier molecular flexibility index (Phi) is 2.83. The Hall–Kier alpha value is -1.46. The Bertz CT molecular complexity index is 304. The van der Waals surface area contributed by atoms with E-state index in [1.54, 1.807) is 0 Å². The highest BCUT2D eigenvalue weighted by Crippen LogP contribution is 2.21. The molecule has 0 saturated carbocycles. The maximum atomic E-state index is 11.7. The molecule has 1 radical (unpaired) electrons. The van der Waals surface area contributed by atoms with Gasteiger partial charge in [0.25, 0.3) is 0 Å². The van der Waals surface area contributed by atoms with E-state index in [1.165, 1.54) is 0 Å². The molecule has 0 bridgehead atoms. The van der Waals surface area contributed by atoms with Crippen LogP contribution in [0.1, 0.15) is 12.8 Å². The van der Waals surface area contributed by atoms with E-state index in [0.717, 1.165) is 6.08 Å². The molecule has 0 aromatic rings. The first kappa shape index (κ1) is 10.6. The Labute approximate surface area is 78.0 Å². The lowest BCUT2D eigenvalue weighted by atomic mass is 10.1. The molecule has 0 atom stereocenters. The van der Waals surface area contributed by atoms with E-state index in [0.29, 0.717) is 18.5 Å². The molecule has 1 aliphatic rings. The SMILES string of the molecule is NC1=CC(OC(=O)C(F)(F)F)=[C]CC1. The van der Waals surface area contributed by atoms with Gasteiger partial charge >= 0.3 is 12.1 Å². The summed E-state index contributed by atoms with van der Waals surface area (Å²) >= 11 is 0. The maximum absolute atomic E-state index is 11.7. The largest absolute Gasteiger partial charge is 0.491 e. The molecule has 0 spiro atoms. The summed E-state index contributed by atoms with van der Waals surface area (Å²) in [4.78, 5) is 10.4. The highest BCUT2D eigenvalue weighted by molar-refractivity contribution is 5.76. The Morgan fingerprint density at radius 2 is 2.21 bits per heavy atom. The van der Waals surface area contributed by atoms with E-state index in [9.17, 15) is 18.0 Å². The van der Waals surface area contributed by atoms with Crippen LogP contribution in [-0.4, -0.2) is 12.1 Å². The van der Waals surface area contributed by atoms with Crippen LogP contribution in [0.25, 0.3) is 0 Å². The van der Waals surface area contributed by atoms with Crippen molar-refractivity contribution in [3.05, 3.63) is 23.6 Å². The Morgan fingerprint density at radius 1 is 1.57 bits per heavy atom. The molecule has 0 aromatic carbocycles. The summed E-state index contributed by atoms with van der Waals surface area (Å²) in [6.07, 6.45) is -0.505. The standard InChI is InChI=1S/C8H7F3NO2/c9-8(10,11)7(13)14-6-3-1-2-5(12)4-6/h4H,1-2,12H2. The van der Waals surface area contributed by atoms with Crippen molar-refractivity contribution >= 4 is 5.97 Å². The van der Waals surface area contributed by atoms with Crippen molar-refractivity contribution in [3.63, 3.8) is 0 Å². The van der Waals surface area contributed by atoms with Crippen molar-refractivity contribution < 1.29 is 22.7 Å². The third kappa shape index (κ3) is 2.79. The second kappa shape index (κ2) is 3.73. The average molecular weight is 206 g/mol. The third-order valence-electron chi connectivity index (χ3n) is 1.46. The van der Waals surface area contributed by atoms with Crippen LogP contribution in [0.15, 0.2) is 17.5 Å². The van der Waals surface area contributed by atoms with Gasteiger partial charge in [-0.15, -0.1) is 0 Å². The Balaban J connectivity index is 2.62. The van der Waals surface area contributed by atoms with Crippen molar-refractivity contribution in [3.8, 4) is 0 Å². The molecule has 0 heterocycles. The normalized spacial score (nSPS) is 17.1. The summed E-state index contributed by atoms with van der Waals surface area (Å²) in [5.41, 5.74) is 5.71. The Morgan fingerprint density at radius 3 is 2.71 bits per heavy atom. The lowest BCUT2D eigenvalue weighted by Crippen LogP contribution is -2.25. The summed E-state index contributed by atoms with van der Waals surface area (Å²) in [6.45, 7) is 0. The van der Waals surface area contributed by atoms with Crippen molar-refractivity contribution in [2.45, 2.75) is 19.0 Å². The van der Waals surface area contributed by atoms with Crippen LogP contribution < -0.4 is 5.73 Å². The van der Waals surface area contributed by atoms with E-state index in [4.69, 9.17) is 5.73 Å². The van der Waals surface area contributed by atoms with Crippen molar-refractivity contribution in [1.29, 1.82) is 0 Å². The first-order valence-electron chi connectivity index (χ1n) is 3.75. The number of rotatable bonds is 1. The van der Waals surface area contributed by atoms with Gasteiger partial charge in [0.1, 0.15) is 5.76 Å². The van der Waals surface area contributed by atoms with Crippen molar-refractivity contribution in [2.24, 2.45) is 5.73 Å². The van der Waals surface area contributed by atoms with Crippen LogP contribution in [0, 0.1) is 6.08 Å². The highest BCUT2D eigenvalue weighted by Gasteiger charge is 2.41. The number of hydrogen-bond donors (Lipinski definition) is 1. The molecular formula is C8H7F3NO2. The van der Waals surface area contributed by atoms with Gasteiger partial charge in [0.05, 0.1) is 0 Å². The molecule has 0 aliphatic heterocycles. The number of hydrogen-bond acceptors (Lipinski definition) is 3. The first-order chi connectivity index (χ1) is 6.39. The van der Waals surface area contributed by atoms with Crippen LogP contribution in [0.4, 0.5) is 13.2 Å². The second-order valence-electron chi connectivity index (χ2n) is 2.65. The number of nitrogens with two attached hydrogens (primary N) is 1. The maximum Gasteiger partial charge on any atom is 0.491 e. The van der Waals surface area contributed by atoms with Crippen molar-refractivity contribution in [1.82, 2.24) is 0 Å². The molecule has 1 aliphatic carbocycles. The molecular weight excluding hydrogens is 199 g/mol. The van der Waals surface area contributed by atoms with Gasteiger partial charge in [-0.1, -0.05) is 0 Å². The number of carbonyl (C=O) groups excluding carboxylic acids is 1. The number of alkyl halides is 3. The van der Waals surface area contributed by atoms with Gasteiger partial charge in [0, 0.05) is 11.8 Å². The molecule has 0 saturated heterocycles. The molecule has 0 fully saturated rings. The van der Waals surface area contributed by atoms with Gasteiger partial charge in [0.2, 0.25) is 0 Å². The second-order valence-corrected chi connectivity index (χ2v) is 2.65. The zero-order chi connectivity index (χ0) is 10.8. The summed E-state index contributed by atoms with van der Waals surface area (Å²) in [6, 6.07) is 0.